The van der Waals surface area contributed by atoms with Gasteiger partial charge in [0, 0.05) is 0 Å². The molecule has 0 atom stereocenters. The minimum atomic E-state index is -3.82. The lowest BCUT2D eigenvalue weighted by atomic mass is 10.2. The van der Waals surface area contributed by atoms with Gasteiger partial charge in [-0.3, -0.25) is 0 Å². The zero-order chi connectivity index (χ0) is 17.8. The summed E-state index contributed by atoms with van der Waals surface area (Å²) in [7, 11) is -2.60. The van der Waals surface area contributed by atoms with E-state index < -0.39 is 34.2 Å². The van der Waals surface area contributed by atoms with Crippen LogP contribution in [0.4, 0.5) is 0 Å². The summed E-state index contributed by atoms with van der Waals surface area (Å²) in [5.41, 5.74) is -0.746. The average molecular weight is 364 g/mol. The summed E-state index contributed by atoms with van der Waals surface area (Å²) in [6.45, 7) is 4.47. The lowest BCUT2D eigenvalue weighted by Gasteiger charge is -2.19. The molecule has 9 heteroatoms. The molecule has 0 aromatic heterocycles. The van der Waals surface area contributed by atoms with Crippen molar-refractivity contribution in [1.29, 1.82) is 0 Å². The van der Waals surface area contributed by atoms with Crippen molar-refractivity contribution in [2.24, 2.45) is 0 Å². The van der Waals surface area contributed by atoms with Crippen molar-refractivity contribution in [3.05, 3.63) is 28.8 Å². The van der Waals surface area contributed by atoms with Crippen molar-refractivity contribution >= 4 is 33.6 Å². The third kappa shape index (κ3) is 5.81. The molecule has 128 valence electrons. The predicted molar refractivity (Wildman–Crippen MR) is 83.8 cm³/mol. The molecule has 1 aromatic rings. The van der Waals surface area contributed by atoms with Crippen LogP contribution in [-0.4, -0.2) is 39.6 Å². The van der Waals surface area contributed by atoms with Crippen LogP contribution in [0.15, 0.2) is 23.1 Å². The summed E-state index contributed by atoms with van der Waals surface area (Å²) in [4.78, 5) is 23.1. The minimum absolute atomic E-state index is 0.0388. The van der Waals surface area contributed by atoms with Crippen molar-refractivity contribution < 1.29 is 27.5 Å². The first-order chi connectivity index (χ1) is 10.5. The molecule has 0 fully saturated rings. The highest BCUT2D eigenvalue weighted by Gasteiger charge is 2.21. The van der Waals surface area contributed by atoms with Crippen molar-refractivity contribution in [3.8, 4) is 0 Å². The third-order valence-electron chi connectivity index (χ3n) is 2.47. The maximum Gasteiger partial charge on any atom is 0.344 e. The summed E-state index contributed by atoms with van der Waals surface area (Å²) in [6, 6.07) is 3.63. The van der Waals surface area contributed by atoms with Crippen LogP contribution in [0.25, 0.3) is 0 Å². The van der Waals surface area contributed by atoms with E-state index >= 15 is 0 Å². The summed E-state index contributed by atoms with van der Waals surface area (Å²) >= 11 is 5.82. The number of hydrogen-bond donors (Lipinski definition) is 1. The quantitative estimate of drug-likeness (QED) is 0.800. The van der Waals surface area contributed by atoms with E-state index in [-0.39, 0.29) is 15.5 Å². The molecule has 1 aromatic carbocycles. The van der Waals surface area contributed by atoms with Gasteiger partial charge in [-0.2, -0.15) is 0 Å². The molecule has 0 radical (unpaired) electrons. The summed E-state index contributed by atoms with van der Waals surface area (Å²) in [5, 5.41) is -0.0388. The molecule has 1 N–H and O–H groups in total. The van der Waals surface area contributed by atoms with E-state index in [4.69, 9.17) is 21.1 Å². The number of sulfonamides is 1. The van der Waals surface area contributed by atoms with E-state index in [9.17, 15) is 18.0 Å². The normalized spacial score (nSPS) is 11.9. The van der Waals surface area contributed by atoms with Crippen LogP contribution in [0, 0.1) is 0 Å². The van der Waals surface area contributed by atoms with Gasteiger partial charge in [0.2, 0.25) is 10.0 Å². The fourth-order valence-corrected chi connectivity index (χ4v) is 2.77. The van der Waals surface area contributed by atoms with Crippen LogP contribution in [-0.2, 0) is 24.3 Å². The number of esters is 2. The Bertz CT molecular complexity index is 708. The van der Waals surface area contributed by atoms with Crippen LogP contribution >= 0.6 is 11.6 Å². The van der Waals surface area contributed by atoms with Gasteiger partial charge in [-0.25, -0.2) is 22.7 Å². The lowest BCUT2D eigenvalue weighted by Crippen LogP contribution is -2.27. The molecule has 0 aliphatic carbocycles. The number of rotatable bonds is 5. The fourth-order valence-electron chi connectivity index (χ4n) is 1.53. The summed E-state index contributed by atoms with van der Waals surface area (Å²) in [6.07, 6.45) is 0. The number of nitrogens with one attached hydrogen (secondary N) is 1. The second-order valence-corrected chi connectivity index (χ2v) is 7.78. The fraction of sp³-hybridized carbons (Fsp3) is 0.429. The Hall–Kier alpha value is -1.64. The third-order valence-corrected chi connectivity index (χ3v) is 4.36. The Morgan fingerprint density at radius 3 is 2.39 bits per heavy atom. The van der Waals surface area contributed by atoms with Gasteiger partial charge in [0.05, 0.1) is 10.6 Å². The molecule has 0 amide bonds. The molecule has 0 aliphatic heterocycles. The first-order valence-corrected chi connectivity index (χ1v) is 8.44. The topological polar surface area (TPSA) is 98.8 Å². The van der Waals surface area contributed by atoms with Gasteiger partial charge in [0.15, 0.2) is 6.61 Å². The van der Waals surface area contributed by atoms with E-state index in [0.29, 0.717) is 0 Å². The van der Waals surface area contributed by atoms with Crippen LogP contribution in [0.5, 0.6) is 0 Å². The first kappa shape index (κ1) is 19.4. The minimum Gasteiger partial charge on any atom is -0.457 e. The summed E-state index contributed by atoms with van der Waals surface area (Å²) in [5.74, 6) is -1.57. The van der Waals surface area contributed by atoms with Crippen LogP contribution in [0.1, 0.15) is 31.1 Å². The van der Waals surface area contributed by atoms with Gasteiger partial charge >= 0.3 is 11.9 Å². The molecule has 0 spiro atoms. The van der Waals surface area contributed by atoms with Gasteiger partial charge in [-0.05, 0) is 46.0 Å². The molecule has 0 saturated heterocycles. The second kappa shape index (κ2) is 7.29. The Morgan fingerprint density at radius 1 is 1.26 bits per heavy atom. The number of benzene rings is 1. The number of ether oxygens (including phenoxy) is 2. The molecule has 1 rings (SSSR count). The van der Waals surface area contributed by atoms with E-state index in [2.05, 4.69) is 4.72 Å². The monoisotopic (exact) mass is 363 g/mol. The number of halogens is 1. The largest absolute Gasteiger partial charge is 0.457 e. The molecule has 0 aliphatic rings. The molecule has 0 heterocycles. The zero-order valence-electron chi connectivity index (χ0n) is 13.2. The number of carbonyl (C=O) groups excluding carboxylic acids is 2. The zero-order valence-corrected chi connectivity index (χ0v) is 14.7. The Kier molecular flexibility index (Phi) is 6.15. The molecule has 0 bridgehead atoms. The van der Waals surface area contributed by atoms with Crippen LogP contribution < -0.4 is 4.72 Å². The SMILES string of the molecule is CNS(=O)(=O)c1cc(C(=O)OCC(=O)OC(C)(C)C)ccc1Cl. The molecular formula is C14H18ClNO6S. The van der Waals surface area contributed by atoms with E-state index in [1.54, 1.807) is 20.8 Å². The second-order valence-electron chi connectivity index (χ2n) is 5.52. The van der Waals surface area contributed by atoms with Gasteiger partial charge in [0.25, 0.3) is 0 Å². The molecule has 0 saturated carbocycles. The van der Waals surface area contributed by atoms with E-state index in [0.717, 1.165) is 6.07 Å². The van der Waals surface area contributed by atoms with Crippen molar-refractivity contribution in [2.45, 2.75) is 31.3 Å². The molecule has 7 nitrogen and oxygen atoms in total. The van der Waals surface area contributed by atoms with Gasteiger partial charge in [-0.1, -0.05) is 11.6 Å². The Labute approximate surface area is 140 Å². The van der Waals surface area contributed by atoms with Crippen molar-refractivity contribution in [2.75, 3.05) is 13.7 Å². The first-order valence-electron chi connectivity index (χ1n) is 6.58. The maximum atomic E-state index is 11.9. The standard InChI is InChI=1S/C14H18ClNO6S/c1-14(2,3)22-12(17)8-21-13(18)9-5-6-10(15)11(7-9)23(19,20)16-4/h5-7,16H,8H2,1-4H3. The highest BCUT2D eigenvalue weighted by atomic mass is 35.5. The predicted octanol–water partition coefficient (Wildman–Crippen LogP) is 1.75. The van der Waals surface area contributed by atoms with Crippen LogP contribution in [0.3, 0.4) is 0 Å². The van der Waals surface area contributed by atoms with Crippen molar-refractivity contribution in [1.82, 2.24) is 4.72 Å². The molecule has 23 heavy (non-hydrogen) atoms. The highest BCUT2D eigenvalue weighted by molar-refractivity contribution is 7.89. The van der Waals surface area contributed by atoms with E-state index in [1.165, 1.54) is 19.2 Å². The number of carbonyl (C=O) groups is 2. The molecule has 0 unspecified atom stereocenters. The van der Waals surface area contributed by atoms with Gasteiger partial charge < -0.3 is 9.47 Å². The van der Waals surface area contributed by atoms with Crippen molar-refractivity contribution in [3.63, 3.8) is 0 Å². The number of hydrogen-bond acceptors (Lipinski definition) is 6. The average Bonchev–Trinajstić information content (AvgIpc) is 2.43. The maximum absolute atomic E-state index is 11.9. The van der Waals surface area contributed by atoms with Gasteiger partial charge in [0.1, 0.15) is 10.5 Å². The van der Waals surface area contributed by atoms with Crippen LogP contribution in [0.2, 0.25) is 5.02 Å². The molecular weight excluding hydrogens is 346 g/mol. The van der Waals surface area contributed by atoms with E-state index in [1.807, 2.05) is 0 Å². The van der Waals surface area contributed by atoms with Gasteiger partial charge in [-0.15, -0.1) is 0 Å². The smallest absolute Gasteiger partial charge is 0.344 e. The Balaban J connectivity index is 2.86. The Morgan fingerprint density at radius 2 is 1.87 bits per heavy atom. The highest BCUT2D eigenvalue weighted by Crippen LogP contribution is 2.22. The lowest BCUT2D eigenvalue weighted by molar-refractivity contribution is -0.158. The summed E-state index contributed by atoms with van der Waals surface area (Å²) < 4.78 is 35.5.